The maximum Gasteiger partial charge on any atom is 1.15 e. The van der Waals surface area contributed by atoms with E-state index in [0.29, 0.717) is 29.7 Å². The van der Waals surface area contributed by atoms with Gasteiger partial charge in [0.05, 0.1) is 89.1 Å². The zero-order valence-electron chi connectivity index (χ0n) is 39.3. The summed E-state index contributed by atoms with van der Waals surface area (Å²) in [6.07, 6.45) is -1.15. The molecule has 5 atom stereocenters. The molecule has 30 heteroatoms. The van der Waals surface area contributed by atoms with Crippen molar-refractivity contribution in [3.63, 3.8) is 0 Å². The molecule has 1 aromatic carbocycles. The van der Waals surface area contributed by atoms with Gasteiger partial charge in [0.2, 0.25) is 23.6 Å². The minimum absolute atomic E-state index is 0.0576. The second-order valence-electron chi connectivity index (χ2n) is 16.8. The van der Waals surface area contributed by atoms with E-state index in [1.165, 1.54) is 12.3 Å². The van der Waals surface area contributed by atoms with E-state index in [2.05, 4.69) is 28.5 Å². The predicted octanol–water partition coefficient (Wildman–Crippen LogP) is -2.85. The lowest BCUT2D eigenvalue weighted by atomic mass is 10.1. The number of carboxylic acid groups (broad SMARTS) is 2. The number of amides is 5. The second kappa shape index (κ2) is 27.9. The number of hydrogen-bond donors (Lipinski definition) is 6. The van der Waals surface area contributed by atoms with Crippen LogP contribution in [0.25, 0.3) is 10.9 Å². The fourth-order valence-corrected chi connectivity index (χ4v) is 8.28. The number of halogens is 3. The summed E-state index contributed by atoms with van der Waals surface area (Å²) in [5.41, 5.74) is 0.556. The average molecular weight is 1050 g/mol. The molecular weight excluding hydrogens is 997 g/mol. The third-order valence-corrected chi connectivity index (χ3v) is 12.2. The number of likely N-dealkylation sites (tertiary alicyclic amines) is 1. The van der Waals surface area contributed by atoms with Crippen LogP contribution < -0.4 is 26.0 Å². The number of pyridine rings is 1. The van der Waals surface area contributed by atoms with E-state index in [-0.39, 0.29) is 91.0 Å². The van der Waals surface area contributed by atoms with E-state index < -0.39 is 125 Å². The predicted molar refractivity (Wildman–Crippen MR) is 242 cm³/mol. The molecular formula is C43H54AlF3N10O16. The lowest BCUT2D eigenvalue weighted by molar-refractivity contribution is -0.147. The summed E-state index contributed by atoms with van der Waals surface area (Å²) in [5, 5.41) is 37.5. The number of nitriles is 1. The lowest BCUT2D eigenvalue weighted by Gasteiger charge is -2.26. The largest absolute Gasteiger partial charge is 1.15 e. The van der Waals surface area contributed by atoms with Crippen molar-refractivity contribution in [1.82, 2.24) is 45.9 Å². The van der Waals surface area contributed by atoms with Crippen LogP contribution in [-0.4, -0.2) is 239 Å². The van der Waals surface area contributed by atoms with Gasteiger partial charge in [0, 0.05) is 63.8 Å². The first-order valence-corrected chi connectivity index (χ1v) is 24.2. The van der Waals surface area contributed by atoms with E-state index in [1.54, 1.807) is 39.0 Å². The lowest BCUT2D eigenvalue weighted by Crippen LogP contribution is -2.53. The number of carbonyl (C=O) groups is 9. The van der Waals surface area contributed by atoms with Gasteiger partial charge in [-0.25, -0.2) is 13.6 Å². The first-order valence-electron chi connectivity index (χ1n) is 22.8. The molecule has 6 N–H and O–H groups in total. The quantitative estimate of drug-likeness (QED) is 0.0482. The molecule has 1 aromatic heterocycles. The number of carboxylic acids is 2. The van der Waals surface area contributed by atoms with Crippen LogP contribution in [0.5, 0.6) is 5.75 Å². The Balaban J connectivity index is 1.06. The summed E-state index contributed by atoms with van der Waals surface area (Å²) in [4.78, 5) is 123. The first kappa shape index (κ1) is 57.2. The van der Waals surface area contributed by atoms with E-state index in [0.717, 1.165) is 4.90 Å². The van der Waals surface area contributed by atoms with Crippen LogP contribution in [0.15, 0.2) is 30.5 Å². The zero-order valence-corrected chi connectivity index (χ0v) is 40.4. The van der Waals surface area contributed by atoms with Crippen molar-refractivity contribution in [3.8, 4) is 11.8 Å². The zero-order chi connectivity index (χ0) is 53.1. The van der Waals surface area contributed by atoms with Crippen LogP contribution in [0.3, 0.4) is 0 Å². The monoisotopic (exact) mass is 1050 g/mol. The number of nitrogens with zero attached hydrogens (tertiary/aromatic N) is 6. The van der Waals surface area contributed by atoms with Crippen molar-refractivity contribution >= 4 is 79.6 Å². The molecule has 26 nitrogen and oxygen atoms in total. The Morgan fingerprint density at radius 3 is 2.12 bits per heavy atom. The summed E-state index contributed by atoms with van der Waals surface area (Å²) < 4.78 is 67.8. The Morgan fingerprint density at radius 1 is 0.849 bits per heavy atom. The van der Waals surface area contributed by atoms with E-state index in [4.69, 9.17) is 19.3 Å². The molecule has 73 heavy (non-hydrogen) atoms. The molecule has 3 saturated heterocycles. The summed E-state index contributed by atoms with van der Waals surface area (Å²) in [6, 6.07) is 3.14. The van der Waals surface area contributed by atoms with Crippen molar-refractivity contribution in [2.75, 3.05) is 112 Å². The summed E-state index contributed by atoms with van der Waals surface area (Å²) in [7, 11) is 0. The summed E-state index contributed by atoms with van der Waals surface area (Å²) in [5.74, 6) is -12.0. The Morgan fingerprint density at radius 2 is 1.48 bits per heavy atom. The number of hydrogen-bond acceptors (Lipinski definition) is 19. The van der Waals surface area contributed by atoms with Gasteiger partial charge in [0.1, 0.15) is 30.5 Å². The molecule has 2 unspecified atom stereocenters. The molecule has 4 heterocycles. The molecule has 2 bridgehead atoms. The Kier molecular flexibility index (Phi) is 21.9. The topological polar surface area (TPSA) is 338 Å². The number of aromatic nitrogens is 1. The van der Waals surface area contributed by atoms with Gasteiger partial charge in [-0.05, 0) is 24.3 Å². The van der Waals surface area contributed by atoms with Crippen molar-refractivity contribution < 1.29 is 87.5 Å². The molecule has 5 rings (SSSR count). The average Bonchev–Trinajstić information content (AvgIpc) is 3.68. The summed E-state index contributed by atoms with van der Waals surface area (Å²) >= 11 is -4.03. The molecule has 5 amide bonds. The highest BCUT2D eigenvalue weighted by Gasteiger charge is 2.47. The third-order valence-electron chi connectivity index (χ3n) is 11.3. The minimum Gasteiger partial charge on any atom is -0.558 e. The number of benzene rings is 1. The third kappa shape index (κ3) is 19.0. The van der Waals surface area contributed by atoms with Gasteiger partial charge < -0.3 is 61.7 Å². The molecule has 2 aromatic rings. The Bertz CT molecular complexity index is 2350. The van der Waals surface area contributed by atoms with Gasteiger partial charge >= 0.3 is 27.2 Å². The number of aliphatic carboxylic acids is 2. The normalized spacial score (nSPS) is 20.1. The van der Waals surface area contributed by atoms with E-state index in [9.17, 15) is 65.8 Å². The smallest absolute Gasteiger partial charge is 0.558 e. The number of alkyl halides is 2. The van der Waals surface area contributed by atoms with E-state index in [1.807, 2.05) is 5.32 Å². The van der Waals surface area contributed by atoms with Gasteiger partial charge in [-0.15, -0.1) is 0 Å². The molecule has 0 radical (unpaired) electrons. The number of rotatable bonds is 23. The van der Waals surface area contributed by atoms with Crippen LogP contribution in [0.4, 0.5) is 12.3 Å². The van der Waals surface area contributed by atoms with Crippen LogP contribution in [0.2, 0.25) is 0 Å². The Labute approximate surface area is 419 Å². The molecule has 3 fully saturated rings. The van der Waals surface area contributed by atoms with Crippen molar-refractivity contribution in [2.24, 2.45) is 0 Å². The van der Waals surface area contributed by atoms with Crippen molar-refractivity contribution in [2.45, 2.75) is 43.3 Å². The van der Waals surface area contributed by atoms with Gasteiger partial charge in [0.25, 0.3) is 23.8 Å². The van der Waals surface area contributed by atoms with Crippen molar-refractivity contribution in [3.05, 3.63) is 36.0 Å². The molecule has 0 saturated carbocycles. The molecule has 3 aliphatic rings. The highest BCUT2D eigenvalue weighted by atomic mass is 27.3. The summed E-state index contributed by atoms with van der Waals surface area (Å²) in [6.45, 7) is -0.875. The minimum atomic E-state index is -4.03. The van der Waals surface area contributed by atoms with Crippen LogP contribution in [-0.2, 0) is 55.4 Å². The maximum absolute atomic E-state index is 14.1. The maximum atomic E-state index is 14.1. The van der Waals surface area contributed by atoms with Crippen molar-refractivity contribution in [1.29, 1.82) is 5.26 Å². The first-order chi connectivity index (χ1) is 34.8. The number of carbonyl (C=O) groups excluding carboxylic acids is 7. The highest BCUT2D eigenvalue weighted by Crippen LogP contribution is 2.31. The molecule has 0 spiro atoms. The van der Waals surface area contributed by atoms with Crippen LogP contribution in [0.1, 0.15) is 29.6 Å². The molecule has 396 valence electrons. The number of ether oxygens (including phenoxy) is 3. The second-order valence-corrected chi connectivity index (χ2v) is 17.8. The fourth-order valence-electron chi connectivity index (χ4n) is 7.66. The van der Waals surface area contributed by atoms with Crippen LogP contribution in [0, 0.1) is 11.3 Å². The number of fused-ring (bicyclic) bond motifs is 4. The van der Waals surface area contributed by atoms with E-state index >= 15 is 0 Å². The number of nitrogens with one attached hydrogen (secondary N) is 4. The highest BCUT2D eigenvalue weighted by molar-refractivity contribution is 6.41. The van der Waals surface area contributed by atoms with Crippen LogP contribution >= 0.6 is 0 Å². The van der Waals surface area contributed by atoms with Gasteiger partial charge in [-0.2, -0.15) is 5.26 Å². The van der Waals surface area contributed by atoms with Gasteiger partial charge in [-0.1, -0.05) is 0 Å². The fraction of sp³-hybridized carbons (Fsp3) is 0.558. The standard InChI is InChI=1S/C43H56F2N10O16.Al.FH/c44-43(45)20-27(21-46)55(26-43)36(58)22-49-40(65)29-3-4-47-31-2-1-28(17-30(29)31)71-16-15-70-14-13-69-12-5-48-41(66)32(18-34(56)51-33(42(67)68)19-37(59)60)50-35(57)23-52-6-8-53(24-38(61)62)10-11-54(9-7-52)25-39(63)64;;/h1-4,17,27,32-33H,5-16,18-20,22-26H2,(H,48,66)(H,49,65)(H,50,57)(H,51,56)(H,59,60)(H,61,62)(H,63,64)(H,67,68);;1H/q;+3;/p-3/t27-,32-,33-;;/m0../s1. The van der Waals surface area contributed by atoms with Gasteiger partial charge in [-0.3, -0.25) is 58.0 Å². The molecule has 3 aliphatic heterocycles. The SMILES string of the molecule is N#C[C@@H]1CC(F)(F)CN1C(=O)CNC(=O)c1ccnc2ccc(OCCOCCOCCNC(=O)[C@H](CC(=O)N[C@@H](CC(=O)O)C(=O)O)NC(=O)CN3CCN4CCN(CC3)CC(=O)[O][Al]([F])[O]C(=O)C4)cc12. The Hall–Kier alpha value is -6.73. The van der Waals surface area contributed by atoms with Gasteiger partial charge in [0.15, 0.2) is 0 Å². The molecule has 0 aliphatic carbocycles.